The van der Waals surface area contributed by atoms with Crippen molar-refractivity contribution >= 4 is 11.3 Å². The highest BCUT2D eigenvalue weighted by Gasteiger charge is 2.29. The zero-order valence-corrected chi connectivity index (χ0v) is 13.7. The Hall–Kier alpha value is -1.19. The zero-order chi connectivity index (χ0) is 14.9. The summed E-state index contributed by atoms with van der Waals surface area (Å²) in [5.41, 5.74) is 8.74. The van der Waals surface area contributed by atoms with Crippen LogP contribution in [0.5, 0.6) is 0 Å². The van der Waals surface area contributed by atoms with Gasteiger partial charge in [0.15, 0.2) is 0 Å². The summed E-state index contributed by atoms with van der Waals surface area (Å²) in [5.74, 6) is 0.630. The van der Waals surface area contributed by atoms with E-state index >= 15 is 0 Å². The van der Waals surface area contributed by atoms with E-state index in [1.165, 1.54) is 41.1 Å². The van der Waals surface area contributed by atoms with Crippen molar-refractivity contribution < 1.29 is 0 Å². The Morgan fingerprint density at radius 3 is 2.48 bits per heavy atom. The number of nitrogens with two attached hydrogens (primary N) is 1. The lowest BCUT2D eigenvalue weighted by atomic mass is 9.73. The Kier molecular flexibility index (Phi) is 4.14. The summed E-state index contributed by atoms with van der Waals surface area (Å²) < 4.78 is 0. The zero-order valence-electron chi connectivity index (χ0n) is 12.9. The van der Waals surface area contributed by atoms with Crippen molar-refractivity contribution in [2.75, 3.05) is 0 Å². The maximum absolute atomic E-state index is 5.94. The van der Waals surface area contributed by atoms with Crippen LogP contribution in [0.4, 0.5) is 0 Å². The van der Waals surface area contributed by atoms with Gasteiger partial charge in [-0.25, -0.2) is 4.98 Å². The molecule has 1 aliphatic rings. The molecule has 0 amide bonds. The van der Waals surface area contributed by atoms with E-state index in [0.717, 1.165) is 5.69 Å². The van der Waals surface area contributed by atoms with Crippen molar-refractivity contribution in [2.24, 2.45) is 11.1 Å². The first-order valence-corrected chi connectivity index (χ1v) is 8.66. The van der Waals surface area contributed by atoms with Crippen molar-refractivity contribution in [1.29, 1.82) is 0 Å². The Bertz CT molecular complexity index is 591. The number of nitrogens with zero attached hydrogens (tertiary/aromatic N) is 1. The molecule has 2 aromatic rings. The van der Waals surface area contributed by atoms with Crippen LogP contribution in [0.25, 0.3) is 11.3 Å². The van der Waals surface area contributed by atoms with Crippen LogP contribution in [-0.2, 0) is 6.54 Å². The monoisotopic (exact) mass is 300 g/mol. The fraction of sp³-hybridized carbons (Fsp3) is 0.500. The molecule has 0 spiro atoms. The number of thiazole rings is 1. The molecule has 0 bridgehead atoms. The Labute approximate surface area is 131 Å². The third kappa shape index (κ3) is 3.19. The molecule has 112 valence electrons. The lowest BCUT2D eigenvalue weighted by Crippen LogP contribution is -2.20. The molecule has 3 heteroatoms. The minimum Gasteiger partial charge on any atom is -0.326 e. The number of benzene rings is 1. The van der Waals surface area contributed by atoms with Crippen molar-refractivity contribution in [3.8, 4) is 11.3 Å². The molecule has 21 heavy (non-hydrogen) atoms. The third-order valence-corrected chi connectivity index (χ3v) is 5.88. The van der Waals surface area contributed by atoms with Crippen molar-refractivity contribution in [3.63, 3.8) is 0 Å². The van der Waals surface area contributed by atoms with Gasteiger partial charge < -0.3 is 5.73 Å². The average molecular weight is 300 g/mol. The van der Waals surface area contributed by atoms with E-state index in [0.29, 0.717) is 17.9 Å². The van der Waals surface area contributed by atoms with Crippen LogP contribution in [-0.4, -0.2) is 4.98 Å². The summed E-state index contributed by atoms with van der Waals surface area (Å²) in [7, 11) is 0. The number of rotatable bonds is 3. The van der Waals surface area contributed by atoms with Gasteiger partial charge in [-0.2, -0.15) is 0 Å². The number of hydrogen-bond donors (Lipinski definition) is 1. The Morgan fingerprint density at radius 1 is 1.19 bits per heavy atom. The minimum atomic E-state index is 0.507. The van der Waals surface area contributed by atoms with E-state index < -0.39 is 0 Å². The topological polar surface area (TPSA) is 38.9 Å². The predicted octanol–water partition coefficient (Wildman–Crippen LogP) is 4.95. The van der Waals surface area contributed by atoms with Crippen molar-refractivity contribution in [3.05, 3.63) is 40.2 Å². The summed E-state index contributed by atoms with van der Waals surface area (Å²) in [6.07, 6.45) is 5.13. The molecule has 2 N–H and O–H groups in total. The molecule has 0 unspecified atom stereocenters. The van der Waals surface area contributed by atoms with Gasteiger partial charge in [-0.1, -0.05) is 44.2 Å². The van der Waals surface area contributed by atoms with Crippen LogP contribution in [0.1, 0.15) is 55.3 Å². The summed E-state index contributed by atoms with van der Waals surface area (Å²) in [4.78, 5) is 6.18. The Balaban J connectivity index is 1.87. The van der Waals surface area contributed by atoms with Crippen LogP contribution in [0, 0.1) is 5.41 Å². The summed E-state index contributed by atoms with van der Waals surface area (Å²) in [6.45, 7) is 5.34. The molecule has 1 saturated carbocycles. The van der Waals surface area contributed by atoms with Gasteiger partial charge in [0.25, 0.3) is 0 Å². The van der Waals surface area contributed by atoms with Gasteiger partial charge in [0.2, 0.25) is 0 Å². The largest absolute Gasteiger partial charge is 0.326 e. The molecule has 0 atom stereocenters. The molecule has 0 aliphatic heterocycles. The standard InChI is InChI=1S/C18H24N2S/c1-18(2)10-8-14(9-11-18)17-20-16(15(12-19)21-17)13-6-4-3-5-7-13/h3-7,14H,8-12,19H2,1-2H3. The maximum atomic E-state index is 5.94. The highest BCUT2D eigenvalue weighted by molar-refractivity contribution is 7.12. The molecule has 2 nitrogen and oxygen atoms in total. The summed E-state index contributed by atoms with van der Waals surface area (Å²) in [6, 6.07) is 10.4. The van der Waals surface area contributed by atoms with Gasteiger partial charge in [-0.15, -0.1) is 11.3 Å². The van der Waals surface area contributed by atoms with Crippen LogP contribution in [0.2, 0.25) is 0 Å². The van der Waals surface area contributed by atoms with E-state index in [9.17, 15) is 0 Å². The second-order valence-corrected chi connectivity index (χ2v) is 7.95. The quantitative estimate of drug-likeness (QED) is 0.870. The first-order chi connectivity index (χ1) is 10.1. The second-order valence-electron chi connectivity index (χ2n) is 6.83. The maximum Gasteiger partial charge on any atom is 0.0966 e. The Morgan fingerprint density at radius 2 is 1.86 bits per heavy atom. The number of hydrogen-bond acceptors (Lipinski definition) is 3. The average Bonchev–Trinajstić information content (AvgIpc) is 2.92. The first kappa shape index (κ1) is 14.7. The first-order valence-electron chi connectivity index (χ1n) is 7.84. The predicted molar refractivity (Wildman–Crippen MR) is 90.4 cm³/mol. The SMILES string of the molecule is CC1(C)CCC(c2nc(-c3ccccc3)c(CN)s2)CC1. The van der Waals surface area contributed by atoms with Gasteiger partial charge in [-0.3, -0.25) is 0 Å². The van der Waals surface area contributed by atoms with Crippen LogP contribution < -0.4 is 5.73 Å². The van der Waals surface area contributed by atoms with Gasteiger partial charge in [0, 0.05) is 22.9 Å². The van der Waals surface area contributed by atoms with E-state index in [4.69, 9.17) is 10.7 Å². The molecule has 1 aromatic carbocycles. The lowest BCUT2D eigenvalue weighted by Gasteiger charge is -2.33. The molecule has 3 rings (SSSR count). The highest BCUT2D eigenvalue weighted by Crippen LogP contribution is 2.44. The van der Waals surface area contributed by atoms with Gasteiger partial charge in [-0.05, 0) is 31.1 Å². The second kappa shape index (κ2) is 5.90. The molecule has 0 saturated heterocycles. The van der Waals surface area contributed by atoms with E-state index in [-0.39, 0.29) is 0 Å². The fourth-order valence-corrected chi connectivity index (χ4v) is 4.29. The molecule has 1 heterocycles. The smallest absolute Gasteiger partial charge is 0.0966 e. The molecule has 1 aliphatic carbocycles. The summed E-state index contributed by atoms with van der Waals surface area (Å²) >= 11 is 1.82. The molecule has 0 radical (unpaired) electrons. The van der Waals surface area contributed by atoms with Crippen LogP contribution in [0.3, 0.4) is 0 Å². The van der Waals surface area contributed by atoms with Crippen molar-refractivity contribution in [2.45, 2.75) is 52.0 Å². The van der Waals surface area contributed by atoms with Crippen molar-refractivity contribution in [1.82, 2.24) is 4.98 Å². The van der Waals surface area contributed by atoms with Crippen LogP contribution in [0.15, 0.2) is 30.3 Å². The third-order valence-electron chi connectivity index (χ3n) is 4.63. The molecular formula is C18H24N2S. The van der Waals surface area contributed by atoms with Gasteiger partial charge in [0.05, 0.1) is 10.7 Å². The summed E-state index contributed by atoms with van der Waals surface area (Å²) in [5, 5.41) is 1.30. The molecule has 1 aromatic heterocycles. The normalized spacial score (nSPS) is 18.8. The van der Waals surface area contributed by atoms with E-state index in [2.05, 4.69) is 38.1 Å². The van der Waals surface area contributed by atoms with Crippen LogP contribution >= 0.6 is 11.3 Å². The highest BCUT2D eigenvalue weighted by atomic mass is 32.1. The van der Waals surface area contributed by atoms with E-state index in [1.807, 2.05) is 17.4 Å². The minimum absolute atomic E-state index is 0.507. The molecular weight excluding hydrogens is 276 g/mol. The molecule has 1 fully saturated rings. The number of aromatic nitrogens is 1. The fourth-order valence-electron chi connectivity index (χ4n) is 3.15. The van der Waals surface area contributed by atoms with E-state index in [1.54, 1.807) is 0 Å². The van der Waals surface area contributed by atoms with Gasteiger partial charge >= 0.3 is 0 Å². The van der Waals surface area contributed by atoms with Gasteiger partial charge in [0.1, 0.15) is 0 Å². The lowest BCUT2D eigenvalue weighted by molar-refractivity contribution is 0.224.